The molecule has 0 bridgehead atoms. The molecule has 0 saturated carbocycles. The van der Waals surface area contributed by atoms with Crippen molar-refractivity contribution in [2.75, 3.05) is 0 Å². The number of hydrogen-bond acceptors (Lipinski definition) is 5. The van der Waals surface area contributed by atoms with Crippen molar-refractivity contribution in [1.29, 1.82) is 5.26 Å². The van der Waals surface area contributed by atoms with E-state index in [2.05, 4.69) is 0 Å². The molecule has 0 spiro atoms. The van der Waals surface area contributed by atoms with Crippen LogP contribution in [-0.4, -0.2) is 11.6 Å². The third kappa shape index (κ3) is 2.07. The fourth-order valence-corrected chi connectivity index (χ4v) is 3.33. The monoisotopic (exact) mass is 346 g/mol. The third-order valence-electron chi connectivity index (χ3n) is 4.50. The number of Topliss-reactive ketones (excluding diaryl/α,β-unsaturated/α-hetero) is 2. The second-order valence-electron chi connectivity index (χ2n) is 5.89. The molecule has 1 aliphatic carbocycles. The molecule has 0 amide bonds. The quantitative estimate of drug-likeness (QED) is 0.857. The first kappa shape index (κ1) is 15.8. The van der Waals surface area contributed by atoms with Gasteiger partial charge < -0.3 is 10.5 Å². The predicted molar refractivity (Wildman–Crippen MR) is 89.2 cm³/mol. The second-order valence-corrected chi connectivity index (χ2v) is 5.89. The molecule has 0 radical (unpaired) electrons. The minimum atomic E-state index is -1.10. The van der Waals surface area contributed by atoms with Crippen molar-refractivity contribution in [3.05, 3.63) is 93.8 Å². The summed E-state index contributed by atoms with van der Waals surface area (Å²) >= 11 is 0. The summed E-state index contributed by atoms with van der Waals surface area (Å²) in [6.07, 6.45) is 0. The summed E-state index contributed by atoms with van der Waals surface area (Å²) in [5, 5.41) is 9.51. The minimum Gasteiger partial charge on any atom is -0.436 e. The van der Waals surface area contributed by atoms with Crippen LogP contribution in [0.2, 0.25) is 0 Å². The molecular weight excluding hydrogens is 335 g/mol. The molecule has 4 rings (SSSR count). The molecule has 1 atom stereocenters. The number of benzene rings is 2. The van der Waals surface area contributed by atoms with Crippen molar-refractivity contribution >= 4 is 11.6 Å². The largest absolute Gasteiger partial charge is 0.436 e. The number of ether oxygens (including phenoxy) is 1. The first-order chi connectivity index (χ1) is 12.5. The summed E-state index contributed by atoms with van der Waals surface area (Å²) in [6, 6.07) is 13.9. The molecule has 2 aromatic rings. The number of hydrogen-bond donors (Lipinski definition) is 1. The Morgan fingerprint density at radius 3 is 2.27 bits per heavy atom. The maximum absolute atomic E-state index is 14.5. The summed E-state index contributed by atoms with van der Waals surface area (Å²) < 4.78 is 19.8. The Morgan fingerprint density at radius 2 is 1.62 bits per heavy atom. The van der Waals surface area contributed by atoms with Gasteiger partial charge in [0.2, 0.25) is 11.7 Å². The third-order valence-corrected chi connectivity index (χ3v) is 4.50. The molecule has 2 aromatic carbocycles. The van der Waals surface area contributed by atoms with Crippen molar-refractivity contribution in [2.45, 2.75) is 5.92 Å². The lowest BCUT2D eigenvalue weighted by Crippen LogP contribution is -2.32. The van der Waals surface area contributed by atoms with E-state index >= 15 is 0 Å². The highest BCUT2D eigenvalue weighted by molar-refractivity contribution is 6.27. The Balaban J connectivity index is 2.01. The molecule has 1 unspecified atom stereocenters. The minimum absolute atomic E-state index is 0.0652. The smallest absolute Gasteiger partial charge is 0.229 e. The van der Waals surface area contributed by atoms with Crippen molar-refractivity contribution in [3.8, 4) is 6.07 Å². The fourth-order valence-electron chi connectivity index (χ4n) is 3.33. The molecule has 2 aliphatic rings. The van der Waals surface area contributed by atoms with Gasteiger partial charge in [-0.3, -0.25) is 9.59 Å². The zero-order valence-electron chi connectivity index (χ0n) is 13.3. The number of nitrogens with two attached hydrogens (primary N) is 1. The van der Waals surface area contributed by atoms with E-state index in [1.165, 1.54) is 30.3 Å². The fraction of sp³-hybridized carbons (Fsp3) is 0.0500. The van der Waals surface area contributed by atoms with Gasteiger partial charge in [-0.15, -0.1) is 0 Å². The van der Waals surface area contributed by atoms with Crippen molar-refractivity contribution in [3.63, 3.8) is 0 Å². The summed E-state index contributed by atoms with van der Waals surface area (Å²) in [5.41, 5.74) is 6.12. The van der Waals surface area contributed by atoms with E-state index in [-0.39, 0.29) is 39.5 Å². The standard InChI is InChI=1S/C20H11FN2O3/c21-14-8-4-3-7-12(14)15-13(9-22)20(23)26-19-16(15)17(24)10-5-1-2-6-11(10)18(19)25/h1-8,15H,23H2. The Kier molecular flexibility index (Phi) is 3.44. The summed E-state index contributed by atoms with van der Waals surface area (Å²) in [6.45, 7) is 0. The van der Waals surface area contributed by atoms with Crippen molar-refractivity contribution < 1.29 is 18.7 Å². The van der Waals surface area contributed by atoms with Crippen molar-refractivity contribution in [1.82, 2.24) is 0 Å². The number of carbonyl (C=O) groups excluding carboxylic acids is 2. The van der Waals surface area contributed by atoms with Crippen LogP contribution in [0.1, 0.15) is 32.2 Å². The van der Waals surface area contributed by atoms with Crippen LogP contribution in [0.3, 0.4) is 0 Å². The molecule has 126 valence electrons. The normalized spacial score (nSPS) is 18.8. The number of allylic oxidation sites excluding steroid dienone is 3. The molecule has 6 heteroatoms. The van der Waals surface area contributed by atoms with Crippen LogP contribution in [0, 0.1) is 17.1 Å². The van der Waals surface area contributed by atoms with E-state index in [1.807, 2.05) is 6.07 Å². The number of fused-ring (bicyclic) bond motifs is 1. The van der Waals surface area contributed by atoms with Crippen LogP contribution >= 0.6 is 0 Å². The van der Waals surface area contributed by atoms with Gasteiger partial charge >= 0.3 is 0 Å². The van der Waals surface area contributed by atoms with Gasteiger partial charge in [-0.2, -0.15) is 5.26 Å². The van der Waals surface area contributed by atoms with E-state index in [1.54, 1.807) is 18.2 Å². The Hall–Kier alpha value is -3.72. The lowest BCUT2D eigenvalue weighted by Gasteiger charge is -2.31. The van der Waals surface area contributed by atoms with Gasteiger partial charge in [-0.25, -0.2) is 4.39 Å². The van der Waals surface area contributed by atoms with Crippen LogP contribution in [0.4, 0.5) is 4.39 Å². The highest BCUT2D eigenvalue weighted by Crippen LogP contribution is 2.44. The number of nitrogens with zero attached hydrogens (tertiary/aromatic N) is 1. The average Bonchev–Trinajstić information content (AvgIpc) is 2.65. The first-order valence-corrected chi connectivity index (χ1v) is 7.79. The van der Waals surface area contributed by atoms with Gasteiger partial charge in [-0.1, -0.05) is 42.5 Å². The van der Waals surface area contributed by atoms with Gasteiger partial charge in [0, 0.05) is 16.7 Å². The Bertz CT molecular complexity index is 1090. The SMILES string of the molecule is N#CC1=C(N)OC2=C(C(=O)c3ccccc3C2=O)C1c1ccccc1F. The topological polar surface area (TPSA) is 93.2 Å². The molecule has 5 nitrogen and oxygen atoms in total. The first-order valence-electron chi connectivity index (χ1n) is 7.79. The van der Waals surface area contributed by atoms with Crippen LogP contribution in [0.5, 0.6) is 0 Å². The summed E-state index contributed by atoms with van der Waals surface area (Å²) in [4.78, 5) is 25.9. The Labute approximate surface area is 147 Å². The van der Waals surface area contributed by atoms with Gasteiger partial charge in [0.15, 0.2) is 11.5 Å². The number of rotatable bonds is 1. The van der Waals surface area contributed by atoms with E-state index in [0.717, 1.165) is 0 Å². The molecule has 2 N–H and O–H groups in total. The van der Waals surface area contributed by atoms with Gasteiger partial charge in [0.05, 0.1) is 11.5 Å². The van der Waals surface area contributed by atoms with E-state index in [9.17, 15) is 19.2 Å². The number of halogens is 1. The number of nitriles is 1. The molecule has 0 saturated heterocycles. The molecule has 0 aromatic heterocycles. The Morgan fingerprint density at radius 1 is 1.00 bits per heavy atom. The number of ketones is 2. The van der Waals surface area contributed by atoms with Gasteiger partial charge in [0.1, 0.15) is 17.5 Å². The zero-order chi connectivity index (χ0) is 18.4. The van der Waals surface area contributed by atoms with Crippen LogP contribution in [0.15, 0.2) is 71.3 Å². The van der Waals surface area contributed by atoms with E-state index < -0.39 is 23.3 Å². The maximum atomic E-state index is 14.5. The van der Waals surface area contributed by atoms with Crippen LogP contribution < -0.4 is 5.73 Å². The second kappa shape index (κ2) is 5.67. The summed E-state index contributed by atoms with van der Waals surface area (Å²) in [7, 11) is 0. The van der Waals surface area contributed by atoms with Crippen molar-refractivity contribution in [2.24, 2.45) is 5.73 Å². The molecule has 26 heavy (non-hydrogen) atoms. The van der Waals surface area contributed by atoms with Gasteiger partial charge in [-0.05, 0) is 6.07 Å². The highest BCUT2D eigenvalue weighted by Gasteiger charge is 2.44. The summed E-state index contributed by atoms with van der Waals surface area (Å²) in [5.74, 6) is -3.26. The molecule has 1 heterocycles. The lowest BCUT2D eigenvalue weighted by molar-refractivity contribution is 0.0897. The highest BCUT2D eigenvalue weighted by atomic mass is 19.1. The average molecular weight is 346 g/mol. The lowest BCUT2D eigenvalue weighted by atomic mass is 9.75. The van der Waals surface area contributed by atoms with Crippen LogP contribution in [-0.2, 0) is 4.74 Å². The maximum Gasteiger partial charge on any atom is 0.229 e. The molecule has 1 aliphatic heterocycles. The van der Waals surface area contributed by atoms with E-state index in [0.29, 0.717) is 0 Å². The zero-order valence-corrected chi connectivity index (χ0v) is 13.3. The number of carbonyl (C=O) groups is 2. The molecule has 0 fully saturated rings. The predicted octanol–water partition coefficient (Wildman–Crippen LogP) is 2.97. The van der Waals surface area contributed by atoms with E-state index in [4.69, 9.17) is 10.5 Å². The van der Waals surface area contributed by atoms with Gasteiger partial charge in [0.25, 0.3) is 0 Å². The van der Waals surface area contributed by atoms with Crippen LogP contribution in [0.25, 0.3) is 0 Å². The molecular formula is C20H11FN2O3.